The SMILES string of the molecule is O=C(CSc1nccc2ccccc12)Nc1ccc(C(=O)O)cc1. The summed E-state index contributed by atoms with van der Waals surface area (Å²) in [5, 5.41) is 14.5. The molecule has 3 rings (SSSR count). The second kappa shape index (κ2) is 7.14. The number of carbonyl (C=O) groups excluding carboxylic acids is 1. The molecule has 24 heavy (non-hydrogen) atoms. The number of carbonyl (C=O) groups is 2. The van der Waals surface area contributed by atoms with Gasteiger partial charge in [0.05, 0.1) is 11.3 Å². The molecular formula is C18H14N2O3S. The number of fused-ring (bicyclic) bond motifs is 1. The fraction of sp³-hybridized carbons (Fsp3) is 0.0556. The first-order valence-electron chi connectivity index (χ1n) is 7.23. The molecule has 0 radical (unpaired) electrons. The number of nitrogens with one attached hydrogen (secondary N) is 1. The molecule has 0 bridgehead atoms. The first kappa shape index (κ1) is 16.0. The Hall–Kier alpha value is -2.86. The van der Waals surface area contributed by atoms with E-state index in [0.717, 1.165) is 15.8 Å². The van der Waals surface area contributed by atoms with Crippen LogP contribution in [0.15, 0.2) is 65.8 Å². The van der Waals surface area contributed by atoms with Crippen LogP contribution in [0, 0.1) is 0 Å². The van der Waals surface area contributed by atoms with Gasteiger partial charge in [-0.3, -0.25) is 4.79 Å². The number of anilines is 1. The zero-order chi connectivity index (χ0) is 16.9. The van der Waals surface area contributed by atoms with Gasteiger partial charge < -0.3 is 10.4 Å². The van der Waals surface area contributed by atoms with Crippen LogP contribution in [0.1, 0.15) is 10.4 Å². The van der Waals surface area contributed by atoms with E-state index in [0.29, 0.717) is 5.69 Å². The largest absolute Gasteiger partial charge is 0.478 e. The molecule has 0 aliphatic heterocycles. The van der Waals surface area contributed by atoms with Gasteiger partial charge in [0.1, 0.15) is 5.03 Å². The number of pyridine rings is 1. The molecule has 2 N–H and O–H groups in total. The number of aromatic nitrogens is 1. The summed E-state index contributed by atoms with van der Waals surface area (Å²) in [6, 6.07) is 15.9. The maximum absolute atomic E-state index is 12.1. The van der Waals surface area contributed by atoms with Gasteiger partial charge in [-0.25, -0.2) is 9.78 Å². The molecule has 0 unspecified atom stereocenters. The van der Waals surface area contributed by atoms with Crippen molar-refractivity contribution in [1.82, 2.24) is 4.98 Å². The Morgan fingerprint density at radius 2 is 1.79 bits per heavy atom. The normalized spacial score (nSPS) is 10.5. The summed E-state index contributed by atoms with van der Waals surface area (Å²) >= 11 is 1.37. The van der Waals surface area contributed by atoms with E-state index in [1.807, 2.05) is 30.3 Å². The third-order valence-electron chi connectivity index (χ3n) is 3.39. The third-order valence-corrected chi connectivity index (χ3v) is 4.40. The fourth-order valence-corrected chi connectivity index (χ4v) is 3.05. The molecule has 120 valence electrons. The average molecular weight is 338 g/mol. The summed E-state index contributed by atoms with van der Waals surface area (Å²) in [5.41, 5.74) is 0.749. The van der Waals surface area contributed by atoms with Gasteiger partial charge in [0.25, 0.3) is 0 Å². The Morgan fingerprint density at radius 3 is 2.54 bits per heavy atom. The van der Waals surface area contributed by atoms with Crippen LogP contribution in [0.25, 0.3) is 10.8 Å². The van der Waals surface area contributed by atoms with Crippen LogP contribution in [0.3, 0.4) is 0 Å². The van der Waals surface area contributed by atoms with E-state index >= 15 is 0 Å². The van der Waals surface area contributed by atoms with Crippen LogP contribution in [0.4, 0.5) is 5.69 Å². The number of nitrogens with zero attached hydrogens (tertiary/aromatic N) is 1. The lowest BCUT2D eigenvalue weighted by Gasteiger charge is -2.07. The van der Waals surface area contributed by atoms with Crippen LogP contribution in [0.2, 0.25) is 0 Å². The number of aromatic carboxylic acids is 1. The van der Waals surface area contributed by atoms with Gasteiger partial charge in [0.2, 0.25) is 5.91 Å². The molecule has 5 nitrogen and oxygen atoms in total. The van der Waals surface area contributed by atoms with Crippen molar-refractivity contribution in [1.29, 1.82) is 0 Å². The van der Waals surface area contributed by atoms with E-state index in [1.165, 1.54) is 23.9 Å². The standard InChI is InChI=1S/C18H14N2O3S/c21-16(20-14-7-5-13(6-8-14)18(22)23)11-24-17-15-4-2-1-3-12(15)9-10-19-17/h1-10H,11H2,(H,20,21)(H,22,23). The molecule has 6 heteroatoms. The van der Waals surface area contributed by atoms with Crippen LogP contribution in [-0.4, -0.2) is 27.7 Å². The lowest BCUT2D eigenvalue weighted by molar-refractivity contribution is -0.113. The molecule has 0 aliphatic rings. The number of amides is 1. The number of rotatable bonds is 5. The zero-order valence-electron chi connectivity index (χ0n) is 12.6. The van der Waals surface area contributed by atoms with Gasteiger partial charge in [0.15, 0.2) is 0 Å². The van der Waals surface area contributed by atoms with Crippen molar-refractivity contribution in [3.05, 3.63) is 66.4 Å². The minimum Gasteiger partial charge on any atom is -0.478 e. The molecule has 1 amide bonds. The van der Waals surface area contributed by atoms with E-state index in [-0.39, 0.29) is 17.2 Å². The molecule has 1 heterocycles. The molecule has 0 saturated carbocycles. The van der Waals surface area contributed by atoms with Crippen LogP contribution >= 0.6 is 11.8 Å². The number of hydrogen-bond donors (Lipinski definition) is 2. The molecule has 0 aliphatic carbocycles. The van der Waals surface area contributed by atoms with Gasteiger partial charge in [-0.1, -0.05) is 36.0 Å². The van der Waals surface area contributed by atoms with E-state index in [1.54, 1.807) is 18.3 Å². The highest BCUT2D eigenvalue weighted by atomic mass is 32.2. The molecule has 0 fully saturated rings. The maximum Gasteiger partial charge on any atom is 0.335 e. The third kappa shape index (κ3) is 3.72. The Labute approximate surface area is 142 Å². The highest BCUT2D eigenvalue weighted by molar-refractivity contribution is 8.00. The van der Waals surface area contributed by atoms with Crippen molar-refractivity contribution in [2.24, 2.45) is 0 Å². The quantitative estimate of drug-likeness (QED) is 0.694. The first-order chi connectivity index (χ1) is 11.6. The topological polar surface area (TPSA) is 79.3 Å². The number of thioether (sulfide) groups is 1. The minimum atomic E-state index is -0.995. The van der Waals surface area contributed by atoms with E-state index in [4.69, 9.17) is 5.11 Å². The predicted molar refractivity (Wildman–Crippen MR) is 94.5 cm³/mol. The summed E-state index contributed by atoms with van der Waals surface area (Å²) in [7, 11) is 0. The molecule has 3 aromatic rings. The van der Waals surface area contributed by atoms with Crippen LogP contribution in [-0.2, 0) is 4.79 Å². The van der Waals surface area contributed by atoms with Crippen molar-refractivity contribution < 1.29 is 14.7 Å². The van der Waals surface area contributed by atoms with E-state index in [9.17, 15) is 9.59 Å². The van der Waals surface area contributed by atoms with Crippen LogP contribution in [0.5, 0.6) is 0 Å². The predicted octanol–water partition coefficient (Wildman–Crippen LogP) is 3.66. The van der Waals surface area contributed by atoms with Gasteiger partial charge in [0, 0.05) is 17.3 Å². The number of benzene rings is 2. The van der Waals surface area contributed by atoms with Crippen molar-refractivity contribution in [2.45, 2.75) is 5.03 Å². The van der Waals surface area contributed by atoms with Gasteiger partial charge in [-0.05, 0) is 35.7 Å². The fourth-order valence-electron chi connectivity index (χ4n) is 2.23. The number of hydrogen-bond acceptors (Lipinski definition) is 4. The second-order valence-electron chi connectivity index (χ2n) is 5.06. The summed E-state index contributed by atoms with van der Waals surface area (Å²) in [6.07, 6.45) is 1.73. The minimum absolute atomic E-state index is 0.169. The van der Waals surface area contributed by atoms with Gasteiger partial charge in [-0.15, -0.1) is 0 Å². The Morgan fingerprint density at radius 1 is 1.04 bits per heavy atom. The van der Waals surface area contributed by atoms with Crippen molar-refractivity contribution in [2.75, 3.05) is 11.1 Å². The number of carboxylic acids is 1. The average Bonchev–Trinajstić information content (AvgIpc) is 2.60. The lowest BCUT2D eigenvalue weighted by Crippen LogP contribution is -2.14. The molecule has 0 saturated heterocycles. The summed E-state index contributed by atoms with van der Waals surface area (Å²) < 4.78 is 0. The lowest BCUT2D eigenvalue weighted by atomic mass is 10.2. The first-order valence-corrected chi connectivity index (χ1v) is 8.22. The maximum atomic E-state index is 12.1. The van der Waals surface area contributed by atoms with E-state index < -0.39 is 5.97 Å². The highest BCUT2D eigenvalue weighted by Gasteiger charge is 2.08. The summed E-state index contributed by atoms with van der Waals surface area (Å²) in [4.78, 5) is 27.2. The Bertz CT molecular complexity index is 889. The monoisotopic (exact) mass is 338 g/mol. The van der Waals surface area contributed by atoms with Crippen molar-refractivity contribution >= 4 is 40.1 Å². The van der Waals surface area contributed by atoms with Crippen LogP contribution < -0.4 is 5.32 Å². The van der Waals surface area contributed by atoms with Crippen molar-refractivity contribution in [3.8, 4) is 0 Å². The summed E-state index contributed by atoms with van der Waals surface area (Å²) in [5.74, 6) is -0.940. The molecular weight excluding hydrogens is 324 g/mol. The molecule has 1 aromatic heterocycles. The zero-order valence-corrected chi connectivity index (χ0v) is 13.4. The van der Waals surface area contributed by atoms with Gasteiger partial charge in [-0.2, -0.15) is 0 Å². The highest BCUT2D eigenvalue weighted by Crippen LogP contribution is 2.25. The van der Waals surface area contributed by atoms with Crippen molar-refractivity contribution in [3.63, 3.8) is 0 Å². The van der Waals surface area contributed by atoms with E-state index in [2.05, 4.69) is 10.3 Å². The Kier molecular flexibility index (Phi) is 4.77. The molecule has 2 aromatic carbocycles. The smallest absolute Gasteiger partial charge is 0.335 e. The second-order valence-corrected chi connectivity index (χ2v) is 6.02. The Balaban J connectivity index is 1.64. The van der Waals surface area contributed by atoms with Gasteiger partial charge >= 0.3 is 5.97 Å². The summed E-state index contributed by atoms with van der Waals surface area (Å²) in [6.45, 7) is 0. The molecule has 0 spiro atoms. The number of carboxylic acid groups (broad SMARTS) is 1. The molecule has 0 atom stereocenters.